The lowest BCUT2D eigenvalue weighted by Gasteiger charge is -2.38. The summed E-state index contributed by atoms with van der Waals surface area (Å²) in [4.78, 5) is 2.33. The Labute approximate surface area is 153 Å². The maximum absolute atomic E-state index is 13.9. The van der Waals surface area contributed by atoms with Gasteiger partial charge in [0.25, 0.3) is 0 Å². The summed E-state index contributed by atoms with van der Waals surface area (Å²) in [7, 11) is 0. The Hall–Kier alpha value is -1.13. The van der Waals surface area contributed by atoms with Gasteiger partial charge in [-0.2, -0.15) is 0 Å². The van der Waals surface area contributed by atoms with E-state index in [-0.39, 0.29) is 18.2 Å². The summed E-state index contributed by atoms with van der Waals surface area (Å²) in [6.45, 7) is 2.52. The molecule has 2 aromatic rings. The minimum Gasteiger partial charge on any atom is -0.389 e. The Bertz CT molecular complexity index is 658. The predicted octanol–water partition coefficient (Wildman–Crippen LogP) is 4.47. The van der Waals surface area contributed by atoms with Gasteiger partial charge in [-0.05, 0) is 42.2 Å². The number of rotatable bonds is 4. The second kappa shape index (κ2) is 8.30. The summed E-state index contributed by atoms with van der Waals surface area (Å²) >= 11 is 5.94. The Kier molecular flexibility index (Phi) is 6.64. The van der Waals surface area contributed by atoms with E-state index in [9.17, 15) is 9.50 Å². The number of halogens is 3. The molecule has 0 unspecified atom stereocenters. The van der Waals surface area contributed by atoms with Crippen LogP contribution in [0.4, 0.5) is 4.39 Å². The van der Waals surface area contributed by atoms with Gasteiger partial charge in [-0.1, -0.05) is 41.9 Å². The molecule has 0 aromatic heterocycles. The topological polar surface area (TPSA) is 23.5 Å². The number of piperidine rings is 1. The highest BCUT2D eigenvalue weighted by molar-refractivity contribution is 6.30. The first-order valence-electron chi connectivity index (χ1n) is 7.97. The molecule has 0 saturated carbocycles. The molecule has 1 heterocycles. The summed E-state index contributed by atoms with van der Waals surface area (Å²) in [5, 5.41) is 11.3. The SMILES string of the molecule is Cl.OC1(Cc2cc(Cl)ccc2F)CCN(Cc2ccccc2)CC1. The molecule has 0 spiro atoms. The highest BCUT2D eigenvalue weighted by atomic mass is 35.5. The van der Waals surface area contributed by atoms with Crippen molar-refractivity contribution >= 4 is 24.0 Å². The minimum atomic E-state index is -0.849. The highest BCUT2D eigenvalue weighted by Gasteiger charge is 2.33. The van der Waals surface area contributed by atoms with Crippen molar-refractivity contribution in [2.24, 2.45) is 0 Å². The van der Waals surface area contributed by atoms with Gasteiger partial charge in [0.15, 0.2) is 0 Å². The summed E-state index contributed by atoms with van der Waals surface area (Å²) in [6, 6.07) is 14.8. The van der Waals surface area contributed by atoms with Crippen LogP contribution in [0.5, 0.6) is 0 Å². The highest BCUT2D eigenvalue weighted by Crippen LogP contribution is 2.29. The summed E-state index contributed by atoms with van der Waals surface area (Å²) < 4.78 is 13.9. The standard InChI is InChI=1S/C19H21ClFNO.ClH/c20-17-6-7-18(21)16(12-17)13-19(23)8-10-22(11-9-19)14-15-4-2-1-3-5-15;/h1-7,12,23H,8-11,13-14H2;1H. The van der Waals surface area contributed by atoms with Gasteiger partial charge in [0.1, 0.15) is 5.82 Å². The molecule has 2 nitrogen and oxygen atoms in total. The molecule has 1 aliphatic rings. The minimum absolute atomic E-state index is 0. The molecular weight excluding hydrogens is 348 g/mol. The molecule has 0 aliphatic carbocycles. The van der Waals surface area contributed by atoms with E-state index in [1.54, 1.807) is 6.07 Å². The molecule has 0 amide bonds. The Morgan fingerprint density at radius 2 is 1.75 bits per heavy atom. The quantitative estimate of drug-likeness (QED) is 0.859. The second-order valence-corrected chi connectivity index (χ2v) is 6.84. The van der Waals surface area contributed by atoms with Gasteiger partial charge in [0.05, 0.1) is 5.60 Å². The summed E-state index contributed by atoms with van der Waals surface area (Å²) in [5.74, 6) is -0.297. The van der Waals surface area contributed by atoms with Crippen molar-refractivity contribution in [1.82, 2.24) is 4.90 Å². The fraction of sp³-hybridized carbons (Fsp3) is 0.368. The molecule has 0 bridgehead atoms. The van der Waals surface area contributed by atoms with Crippen LogP contribution in [0.1, 0.15) is 24.0 Å². The number of hydrogen-bond donors (Lipinski definition) is 1. The molecule has 0 radical (unpaired) electrons. The van der Waals surface area contributed by atoms with Gasteiger partial charge < -0.3 is 5.11 Å². The number of nitrogens with zero attached hydrogens (tertiary/aromatic N) is 1. The van der Waals surface area contributed by atoms with E-state index in [1.165, 1.54) is 17.7 Å². The lowest BCUT2D eigenvalue weighted by molar-refractivity contribution is -0.0230. The molecule has 1 aliphatic heterocycles. The molecule has 5 heteroatoms. The van der Waals surface area contributed by atoms with E-state index in [0.29, 0.717) is 29.8 Å². The zero-order chi connectivity index (χ0) is 16.3. The molecule has 130 valence electrons. The zero-order valence-electron chi connectivity index (χ0n) is 13.4. The lowest BCUT2D eigenvalue weighted by atomic mass is 9.85. The van der Waals surface area contributed by atoms with Crippen LogP contribution in [0.3, 0.4) is 0 Å². The van der Waals surface area contributed by atoms with Crippen LogP contribution in [0.25, 0.3) is 0 Å². The molecule has 24 heavy (non-hydrogen) atoms. The van der Waals surface area contributed by atoms with Crippen LogP contribution in [0, 0.1) is 5.82 Å². The molecule has 0 atom stereocenters. The lowest BCUT2D eigenvalue weighted by Crippen LogP contribution is -2.45. The molecule has 1 saturated heterocycles. The number of hydrogen-bond acceptors (Lipinski definition) is 2. The molecule has 2 aromatic carbocycles. The summed E-state index contributed by atoms with van der Waals surface area (Å²) in [5.41, 5.74) is 0.925. The maximum Gasteiger partial charge on any atom is 0.126 e. The smallest absolute Gasteiger partial charge is 0.126 e. The van der Waals surface area contributed by atoms with Crippen molar-refractivity contribution in [2.45, 2.75) is 31.4 Å². The fourth-order valence-electron chi connectivity index (χ4n) is 3.18. The zero-order valence-corrected chi connectivity index (χ0v) is 15.0. The third-order valence-electron chi connectivity index (χ3n) is 4.56. The third kappa shape index (κ3) is 4.93. The van der Waals surface area contributed by atoms with E-state index < -0.39 is 5.60 Å². The van der Waals surface area contributed by atoms with E-state index in [2.05, 4.69) is 17.0 Å². The number of benzene rings is 2. The molecule has 3 rings (SSSR count). The van der Waals surface area contributed by atoms with Gasteiger partial charge in [-0.3, -0.25) is 4.90 Å². The Morgan fingerprint density at radius 1 is 1.08 bits per heavy atom. The van der Waals surface area contributed by atoms with Gasteiger partial charge in [-0.25, -0.2) is 4.39 Å². The first-order chi connectivity index (χ1) is 11.0. The first kappa shape index (κ1) is 19.2. The van der Waals surface area contributed by atoms with Crippen LogP contribution < -0.4 is 0 Å². The van der Waals surface area contributed by atoms with Crippen molar-refractivity contribution in [3.8, 4) is 0 Å². The van der Waals surface area contributed by atoms with Gasteiger partial charge >= 0.3 is 0 Å². The molecular formula is C19H22Cl2FNO. The van der Waals surface area contributed by atoms with E-state index in [4.69, 9.17) is 11.6 Å². The molecule has 1 fully saturated rings. The average molecular weight is 370 g/mol. The maximum atomic E-state index is 13.9. The monoisotopic (exact) mass is 369 g/mol. The predicted molar refractivity (Wildman–Crippen MR) is 98.3 cm³/mol. The second-order valence-electron chi connectivity index (χ2n) is 6.40. The molecule has 1 N–H and O–H groups in total. The van der Waals surface area contributed by atoms with E-state index >= 15 is 0 Å². The van der Waals surface area contributed by atoms with Crippen LogP contribution in [0.2, 0.25) is 5.02 Å². The normalized spacial score (nSPS) is 17.3. The Balaban J connectivity index is 0.00000208. The fourth-order valence-corrected chi connectivity index (χ4v) is 3.37. The van der Waals surface area contributed by atoms with Crippen molar-refractivity contribution in [3.63, 3.8) is 0 Å². The van der Waals surface area contributed by atoms with E-state index in [0.717, 1.165) is 19.6 Å². The van der Waals surface area contributed by atoms with Crippen molar-refractivity contribution in [1.29, 1.82) is 0 Å². The average Bonchev–Trinajstić information content (AvgIpc) is 2.54. The van der Waals surface area contributed by atoms with Crippen LogP contribution >= 0.6 is 24.0 Å². The first-order valence-corrected chi connectivity index (χ1v) is 8.34. The Morgan fingerprint density at radius 3 is 2.42 bits per heavy atom. The van der Waals surface area contributed by atoms with Crippen molar-refractivity contribution in [3.05, 3.63) is 70.5 Å². The largest absolute Gasteiger partial charge is 0.389 e. The van der Waals surface area contributed by atoms with E-state index in [1.807, 2.05) is 18.2 Å². The van der Waals surface area contributed by atoms with Gasteiger partial charge in [-0.15, -0.1) is 12.4 Å². The van der Waals surface area contributed by atoms with Gasteiger partial charge in [0, 0.05) is 31.1 Å². The number of likely N-dealkylation sites (tertiary alicyclic amines) is 1. The third-order valence-corrected chi connectivity index (χ3v) is 4.80. The van der Waals surface area contributed by atoms with Crippen molar-refractivity contribution < 1.29 is 9.50 Å². The van der Waals surface area contributed by atoms with Gasteiger partial charge in [0.2, 0.25) is 0 Å². The summed E-state index contributed by atoms with van der Waals surface area (Å²) in [6.07, 6.45) is 1.61. The number of aliphatic hydroxyl groups is 1. The van der Waals surface area contributed by atoms with Crippen molar-refractivity contribution in [2.75, 3.05) is 13.1 Å². The van der Waals surface area contributed by atoms with Crippen LogP contribution in [0.15, 0.2) is 48.5 Å². The van der Waals surface area contributed by atoms with Crippen LogP contribution in [-0.2, 0) is 13.0 Å². The van der Waals surface area contributed by atoms with Crippen LogP contribution in [-0.4, -0.2) is 28.7 Å².